The lowest BCUT2D eigenvalue weighted by molar-refractivity contribution is 0.0846. The van der Waals surface area contributed by atoms with Crippen LogP contribution in [-0.2, 0) is 13.2 Å². The van der Waals surface area contributed by atoms with Crippen LogP contribution in [0.4, 0.5) is 4.39 Å². The fourth-order valence-electron chi connectivity index (χ4n) is 2.89. The molecule has 0 atom stereocenters. The second kappa shape index (κ2) is 9.60. The maximum absolute atomic E-state index is 13.1. The minimum atomic E-state index is -0.822. The molecule has 1 N–H and O–H groups in total. The third kappa shape index (κ3) is 5.49. The van der Waals surface area contributed by atoms with Gasteiger partial charge >= 0.3 is 0 Å². The van der Waals surface area contributed by atoms with Crippen molar-refractivity contribution in [1.29, 1.82) is 0 Å². The molecule has 0 aliphatic carbocycles. The molecule has 6 nitrogen and oxygen atoms in total. The Labute approximate surface area is 185 Å². The highest BCUT2D eigenvalue weighted by Crippen LogP contribution is 2.23. The van der Waals surface area contributed by atoms with E-state index in [2.05, 4.69) is 5.32 Å². The summed E-state index contributed by atoms with van der Waals surface area (Å²) in [5, 5.41) is 2.62. The van der Waals surface area contributed by atoms with E-state index in [1.807, 2.05) is 18.2 Å². The lowest BCUT2D eigenvalue weighted by Gasteiger charge is -2.17. The number of carbonyl (C=O) groups is 2. The van der Waals surface area contributed by atoms with Gasteiger partial charge in [-0.15, -0.1) is 0 Å². The zero-order valence-electron chi connectivity index (χ0n) is 18.1. The number of amides is 1. The van der Waals surface area contributed by atoms with Gasteiger partial charge < -0.3 is 14.5 Å². The van der Waals surface area contributed by atoms with Crippen molar-refractivity contribution >= 4 is 11.7 Å². The van der Waals surface area contributed by atoms with Gasteiger partial charge in [-0.25, -0.2) is 4.39 Å². The Kier molecular flexibility index (Phi) is 6.88. The van der Waals surface area contributed by atoms with Crippen LogP contribution in [0.1, 0.15) is 52.8 Å². The van der Waals surface area contributed by atoms with Crippen molar-refractivity contribution in [3.05, 3.63) is 99.4 Å². The van der Waals surface area contributed by atoms with E-state index >= 15 is 0 Å². The molecule has 0 spiro atoms. The van der Waals surface area contributed by atoms with Gasteiger partial charge in [0.2, 0.25) is 16.9 Å². The molecule has 2 aromatic carbocycles. The molecular formula is C25H24FNO5. The maximum atomic E-state index is 13.1. The van der Waals surface area contributed by atoms with Gasteiger partial charge in [-0.3, -0.25) is 14.4 Å². The fourth-order valence-corrected chi connectivity index (χ4v) is 2.89. The number of nitrogens with one attached hydrogen (secondary N) is 1. The van der Waals surface area contributed by atoms with Gasteiger partial charge in [0.05, 0.1) is 0 Å². The van der Waals surface area contributed by atoms with Gasteiger partial charge in [0.25, 0.3) is 5.91 Å². The highest BCUT2D eigenvalue weighted by molar-refractivity contribution is 6.01. The summed E-state index contributed by atoms with van der Waals surface area (Å²) >= 11 is 0. The van der Waals surface area contributed by atoms with Gasteiger partial charge in [-0.2, -0.15) is 0 Å². The standard InChI is InChI=1S/C25H24FNO5/c1-25(2,3)23(29)19-15-32-22(24(30)27-13-16-9-11-18(26)12-10-16)21(20(19)28)31-14-17-7-5-4-6-8-17/h4-12,15H,13-14H2,1-3H3,(H,27,30). The van der Waals surface area contributed by atoms with E-state index in [-0.39, 0.29) is 36.0 Å². The number of carbonyl (C=O) groups excluding carboxylic acids is 2. The summed E-state index contributed by atoms with van der Waals surface area (Å²) in [6, 6.07) is 14.7. The van der Waals surface area contributed by atoms with Crippen molar-refractivity contribution in [1.82, 2.24) is 5.32 Å². The molecule has 0 saturated heterocycles. The summed E-state index contributed by atoms with van der Waals surface area (Å²) in [5.41, 5.74) is -0.280. The smallest absolute Gasteiger partial charge is 0.291 e. The molecule has 166 valence electrons. The van der Waals surface area contributed by atoms with E-state index in [1.165, 1.54) is 24.3 Å². The molecule has 0 fully saturated rings. The molecule has 7 heteroatoms. The third-order valence-corrected chi connectivity index (χ3v) is 4.68. The predicted octanol–water partition coefficient (Wildman–Crippen LogP) is 4.52. The molecule has 1 heterocycles. The molecule has 0 aliphatic heterocycles. The van der Waals surface area contributed by atoms with Crippen LogP contribution in [0.25, 0.3) is 0 Å². The third-order valence-electron chi connectivity index (χ3n) is 4.68. The molecule has 3 aromatic rings. The number of ether oxygens (including phenoxy) is 1. The van der Waals surface area contributed by atoms with Crippen molar-refractivity contribution in [2.75, 3.05) is 0 Å². The van der Waals surface area contributed by atoms with Crippen LogP contribution >= 0.6 is 0 Å². The van der Waals surface area contributed by atoms with Crippen molar-refractivity contribution in [3.8, 4) is 5.75 Å². The molecule has 0 radical (unpaired) electrons. The van der Waals surface area contributed by atoms with E-state index in [0.717, 1.165) is 11.8 Å². The number of rotatable bonds is 7. The molecule has 32 heavy (non-hydrogen) atoms. The number of halogens is 1. The second-order valence-corrected chi connectivity index (χ2v) is 8.30. The van der Waals surface area contributed by atoms with Crippen LogP contribution in [0.15, 0.2) is 70.1 Å². The van der Waals surface area contributed by atoms with Gasteiger partial charge in [0, 0.05) is 12.0 Å². The van der Waals surface area contributed by atoms with Crippen molar-refractivity contribution < 1.29 is 23.1 Å². The zero-order valence-corrected chi connectivity index (χ0v) is 18.1. The van der Waals surface area contributed by atoms with Gasteiger partial charge in [0.15, 0.2) is 5.78 Å². The van der Waals surface area contributed by atoms with Crippen LogP contribution < -0.4 is 15.5 Å². The number of benzene rings is 2. The Bertz CT molecular complexity index is 1160. The van der Waals surface area contributed by atoms with Crippen LogP contribution in [0.5, 0.6) is 5.75 Å². The topological polar surface area (TPSA) is 85.6 Å². The SMILES string of the molecule is CC(C)(C)C(=O)c1coc(C(=O)NCc2ccc(F)cc2)c(OCc2ccccc2)c1=O. The minimum Gasteiger partial charge on any atom is -0.481 e. The highest BCUT2D eigenvalue weighted by atomic mass is 19.1. The molecule has 0 bridgehead atoms. The molecule has 1 amide bonds. The van der Waals surface area contributed by atoms with Crippen LogP contribution in [0, 0.1) is 11.2 Å². The van der Waals surface area contributed by atoms with E-state index in [0.29, 0.717) is 5.56 Å². The number of Topliss-reactive ketones (excluding diaryl/α,β-unsaturated/α-hetero) is 1. The molecular weight excluding hydrogens is 413 g/mol. The lowest BCUT2D eigenvalue weighted by Crippen LogP contribution is -2.30. The molecule has 0 unspecified atom stereocenters. The monoisotopic (exact) mass is 437 g/mol. The first-order valence-corrected chi connectivity index (χ1v) is 10.1. The minimum absolute atomic E-state index is 0.0109. The summed E-state index contributed by atoms with van der Waals surface area (Å²) in [6.07, 6.45) is 0.998. The molecule has 0 aliphatic rings. The Hall–Kier alpha value is -3.74. The Morgan fingerprint density at radius 2 is 1.66 bits per heavy atom. The van der Waals surface area contributed by atoms with Crippen LogP contribution in [-0.4, -0.2) is 11.7 Å². The largest absolute Gasteiger partial charge is 0.481 e. The summed E-state index contributed by atoms with van der Waals surface area (Å²) < 4.78 is 24.2. The fraction of sp³-hybridized carbons (Fsp3) is 0.240. The number of hydrogen-bond donors (Lipinski definition) is 1. The Morgan fingerprint density at radius 1 is 1.00 bits per heavy atom. The van der Waals surface area contributed by atoms with Crippen molar-refractivity contribution in [3.63, 3.8) is 0 Å². The van der Waals surface area contributed by atoms with E-state index < -0.39 is 22.5 Å². The predicted molar refractivity (Wildman–Crippen MR) is 117 cm³/mol. The first kappa shape index (κ1) is 22.9. The molecule has 3 rings (SSSR count). The second-order valence-electron chi connectivity index (χ2n) is 8.30. The van der Waals surface area contributed by atoms with E-state index in [4.69, 9.17) is 9.15 Å². The Balaban J connectivity index is 1.91. The first-order chi connectivity index (χ1) is 15.2. The van der Waals surface area contributed by atoms with Gasteiger partial charge in [0.1, 0.15) is 24.3 Å². The van der Waals surface area contributed by atoms with Crippen LogP contribution in [0.2, 0.25) is 0 Å². The summed E-state index contributed by atoms with van der Waals surface area (Å²) in [4.78, 5) is 38.5. The Morgan fingerprint density at radius 3 is 2.28 bits per heavy atom. The average Bonchev–Trinajstić information content (AvgIpc) is 2.77. The number of hydrogen-bond acceptors (Lipinski definition) is 5. The highest BCUT2D eigenvalue weighted by Gasteiger charge is 2.30. The van der Waals surface area contributed by atoms with Crippen molar-refractivity contribution in [2.24, 2.45) is 5.41 Å². The zero-order chi connectivity index (χ0) is 23.3. The first-order valence-electron chi connectivity index (χ1n) is 10.1. The summed E-state index contributed by atoms with van der Waals surface area (Å²) in [7, 11) is 0. The molecule has 1 aromatic heterocycles. The van der Waals surface area contributed by atoms with Crippen LogP contribution in [0.3, 0.4) is 0 Å². The lowest BCUT2D eigenvalue weighted by atomic mass is 9.87. The number of ketones is 1. The summed E-state index contributed by atoms with van der Waals surface area (Å²) in [6.45, 7) is 5.15. The van der Waals surface area contributed by atoms with E-state index in [9.17, 15) is 18.8 Å². The summed E-state index contributed by atoms with van der Waals surface area (Å²) in [5.74, 6) is -2.17. The quantitative estimate of drug-likeness (QED) is 0.550. The maximum Gasteiger partial charge on any atom is 0.291 e. The van der Waals surface area contributed by atoms with Crippen molar-refractivity contribution in [2.45, 2.75) is 33.9 Å². The average molecular weight is 437 g/mol. The van der Waals surface area contributed by atoms with Gasteiger partial charge in [-0.1, -0.05) is 63.2 Å². The van der Waals surface area contributed by atoms with Gasteiger partial charge in [-0.05, 0) is 23.3 Å². The van der Waals surface area contributed by atoms with E-state index in [1.54, 1.807) is 32.9 Å². The molecule has 0 saturated carbocycles. The normalized spacial score (nSPS) is 11.1.